The van der Waals surface area contributed by atoms with Crippen molar-refractivity contribution in [2.45, 2.75) is 13.5 Å². The summed E-state index contributed by atoms with van der Waals surface area (Å²) in [6.45, 7) is 2.42. The molecular formula is C13H15N5. The molecule has 0 aliphatic heterocycles. The Kier molecular flexibility index (Phi) is 2.41. The number of nitrogens with two attached hydrogens (primary N) is 1. The Morgan fingerprint density at radius 2 is 2.22 bits per heavy atom. The van der Waals surface area contributed by atoms with Crippen LogP contribution in [-0.2, 0) is 13.6 Å². The van der Waals surface area contributed by atoms with Gasteiger partial charge in [0.1, 0.15) is 11.6 Å². The third-order valence-corrected chi connectivity index (χ3v) is 3.24. The van der Waals surface area contributed by atoms with Crippen LogP contribution < -0.4 is 5.73 Å². The van der Waals surface area contributed by atoms with Crippen molar-refractivity contribution in [2.24, 2.45) is 12.8 Å². The number of H-pyrrole nitrogens is 1. The first kappa shape index (κ1) is 11.0. The lowest BCUT2D eigenvalue weighted by Gasteiger charge is -1.99. The lowest BCUT2D eigenvalue weighted by molar-refractivity contribution is 0.886. The lowest BCUT2D eigenvalue weighted by Crippen LogP contribution is -1.97. The van der Waals surface area contributed by atoms with Crippen molar-refractivity contribution in [2.75, 3.05) is 0 Å². The standard InChI is InChI=1S/C13H15N5/c1-8-16-10-5-9(3-4-12(10)18(8)2)11-7-15-13(6-14)17-11/h3-5,7H,6,14H2,1-2H3,(H,15,17). The summed E-state index contributed by atoms with van der Waals surface area (Å²) in [7, 11) is 2.02. The molecule has 2 aromatic heterocycles. The van der Waals surface area contributed by atoms with Crippen LogP contribution in [0.2, 0.25) is 0 Å². The second-order valence-corrected chi connectivity index (χ2v) is 4.37. The van der Waals surface area contributed by atoms with Gasteiger partial charge in [-0.2, -0.15) is 0 Å². The van der Waals surface area contributed by atoms with Gasteiger partial charge in [-0.3, -0.25) is 0 Å². The van der Waals surface area contributed by atoms with Crippen molar-refractivity contribution < 1.29 is 0 Å². The minimum Gasteiger partial charge on any atom is -0.341 e. The van der Waals surface area contributed by atoms with Gasteiger partial charge < -0.3 is 15.3 Å². The number of aryl methyl sites for hydroxylation is 2. The van der Waals surface area contributed by atoms with Gasteiger partial charge in [-0.15, -0.1) is 0 Å². The van der Waals surface area contributed by atoms with Crippen LogP contribution in [0.15, 0.2) is 24.4 Å². The van der Waals surface area contributed by atoms with E-state index in [0.717, 1.165) is 33.9 Å². The van der Waals surface area contributed by atoms with E-state index in [9.17, 15) is 0 Å². The Hall–Kier alpha value is -2.14. The molecule has 0 bridgehead atoms. The van der Waals surface area contributed by atoms with Gasteiger partial charge in [-0.05, 0) is 19.1 Å². The third-order valence-electron chi connectivity index (χ3n) is 3.24. The summed E-state index contributed by atoms with van der Waals surface area (Å²) in [6.07, 6.45) is 1.80. The quantitative estimate of drug-likeness (QED) is 0.717. The van der Waals surface area contributed by atoms with Crippen molar-refractivity contribution in [1.82, 2.24) is 19.5 Å². The van der Waals surface area contributed by atoms with E-state index in [1.165, 1.54) is 0 Å². The summed E-state index contributed by atoms with van der Waals surface area (Å²) in [5.74, 6) is 1.80. The van der Waals surface area contributed by atoms with Crippen molar-refractivity contribution in [3.8, 4) is 11.3 Å². The topological polar surface area (TPSA) is 72.5 Å². The molecule has 92 valence electrons. The normalized spacial score (nSPS) is 11.3. The minimum atomic E-state index is 0.422. The molecule has 0 saturated carbocycles. The Morgan fingerprint density at radius 1 is 1.39 bits per heavy atom. The molecule has 0 atom stereocenters. The van der Waals surface area contributed by atoms with Gasteiger partial charge in [0.15, 0.2) is 0 Å². The molecule has 0 saturated heterocycles. The number of imidazole rings is 2. The van der Waals surface area contributed by atoms with E-state index in [2.05, 4.69) is 37.7 Å². The molecule has 0 amide bonds. The molecule has 0 fully saturated rings. The molecule has 3 rings (SSSR count). The summed E-state index contributed by atoms with van der Waals surface area (Å²) < 4.78 is 2.08. The second kappa shape index (κ2) is 3.96. The molecule has 18 heavy (non-hydrogen) atoms. The molecule has 1 aromatic carbocycles. The van der Waals surface area contributed by atoms with Gasteiger partial charge in [0, 0.05) is 12.6 Å². The van der Waals surface area contributed by atoms with E-state index in [1.54, 1.807) is 6.20 Å². The summed E-state index contributed by atoms with van der Waals surface area (Å²) >= 11 is 0. The predicted molar refractivity (Wildman–Crippen MR) is 70.9 cm³/mol. The van der Waals surface area contributed by atoms with E-state index < -0.39 is 0 Å². The largest absolute Gasteiger partial charge is 0.341 e. The second-order valence-electron chi connectivity index (χ2n) is 4.37. The van der Waals surface area contributed by atoms with Gasteiger partial charge in [-0.1, -0.05) is 6.07 Å². The van der Waals surface area contributed by atoms with Gasteiger partial charge in [0.05, 0.1) is 29.5 Å². The smallest absolute Gasteiger partial charge is 0.120 e. The molecule has 5 nitrogen and oxygen atoms in total. The Bertz CT molecular complexity index is 707. The fourth-order valence-corrected chi connectivity index (χ4v) is 2.10. The van der Waals surface area contributed by atoms with Crippen molar-refractivity contribution in [3.63, 3.8) is 0 Å². The first-order valence-electron chi connectivity index (χ1n) is 5.86. The third kappa shape index (κ3) is 1.60. The summed E-state index contributed by atoms with van der Waals surface area (Å²) in [4.78, 5) is 11.9. The number of aromatic amines is 1. The average molecular weight is 241 g/mol. The molecule has 0 aliphatic carbocycles. The van der Waals surface area contributed by atoms with Gasteiger partial charge in [0.2, 0.25) is 0 Å². The zero-order valence-electron chi connectivity index (χ0n) is 10.4. The van der Waals surface area contributed by atoms with Crippen LogP contribution in [0.3, 0.4) is 0 Å². The fourth-order valence-electron chi connectivity index (χ4n) is 2.10. The number of benzene rings is 1. The van der Waals surface area contributed by atoms with Crippen LogP contribution in [0.1, 0.15) is 11.6 Å². The Morgan fingerprint density at radius 3 is 2.94 bits per heavy atom. The highest BCUT2D eigenvalue weighted by Gasteiger charge is 2.07. The number of nitrogens with zero attached hydrogens (tertiary/aromatic N) is 3. The molecule has 0 unspecified atom stereocenters. The molecule has 0 radical (unpaired) electrons. The van der Waals surface area contributed by atoms with Gasteiger partial charge >= 0.3 is 0 Å². The number of hydrogen-bond donors (Lipinski definition) is 2. The molecule has 5 heteroatoms. The molecule has 3 N–H and O–H groups in total. The maximum atomic E-state index is 5.55. The van der Waals surface area contributed by atoms with E-state index in [-0.39, 0.29) is 0 Å². The summed E-state index contributed by atoms with van der Waals surface area (Å²) in [5.41, 5.74) is 9.73. The Balaban J connectivity index is 2.13. The number of fused-ring (bicyclic) bond motifs is 1. The molecular weight excluding hydrogens is 226 g/mol. The first-order chi connectivity index (χ1) is 8.69. The Labute approximate surface area is 105 Å². The molecule has 2 heterocycles. The zero-order chi connectivity index (χ0) is 12.7. The number of nitrogens with one attached hydrogen (secondary N) is 1. The van der Waals surface area contributed by atoms with E-state index in [4.69, 9.17) is 5.73 Å². The minimum absolute atomic E-state index is 0.422. The lowest BCUT2D eigenvalue weighted by atomic mass is 10.1. The van der Waals surface area contributed by atoms with Crippen LogP contribution in [0, 0.1) is 6.92 Å². The van der Waals surface area contributed by atoms with Crippen molar-refractivity contribution in [3.05, 3.63) is 36.0 Å². The summed E-state index contributed by atoms with van der Waals surface area (Å²) in [5, 5.41) is 0. The van der Waals surface area contributed by atoms with E-state index in [0.29, 0.717) is 6.54 Å². The van der Waals surface area contributed by atoms with Crippen LogP contribution in [-0.4, -0.2) is 19.5 Å². The first-order valence-corrected chi connectivity index (χ1v) is 5.86. The van der Waals surface area contributed by atoms with E-state index >= 15 is 0 Å². The van der Waals surface area contributed by atoms with Crippen LogP contribution >= 0.6 is 0 Å². The molecule has 0 spiro atoms. The zero-order valence-corrected chi connectivity index (χ0v) is 10.4. The van der Waals surface area contributed by atoms with Gasteiger partial charge in [0.25, 0.3) is 0 Å². The highest BCUT2D eigenvalue weighted by Crippen LogP contribution is 2.23. The monoisotopic (exact) mass is 241 g/mol. The fraction of sp³-hybridized carbons (Fsp3) is 0.231. The van der Waals surface area contributed by atoms with Gasteiger partial charge in [-0.25, -0.2) is 9.97 Å². The molecule has 3 aromatic rings. The highest BCUT2D eigenvalue weighted by atomic mass is 15.0. The highest BCUT2D eigenvalue weighted by molar-refractivity contribution is 5.81. The van der Waals surface area contributed by atoms with Crippen LogP contribution in [0.4, 0.5) is 0 Å². The predicted octanol–water partition coefficient (Wildman–Crippen LogP) is 1.73. The maximum absolute atomic E-state index is 5.55. The number of aromatic nitrogens is 4. The van der Waals surface area contributed by atoms with Crippen molar-refractivity contribution in [1.29, 1.82) is 0 Å². The molecule has 0 aliphatic rings. The number of hydrogen-bond acceptors (Lipinski definition) is 3. The van der Waals surface area contributed by atoms with Crippen molar-refractivity contribution >= 4 is 11.0 Å². The summed E-state index contributed by atoms with van der Waals surface area (Å²) in [6, 6.07) is 6.21. The maximum Gasteiger partial charge on any atom is 0.120 e. The average Bonchev–Trinajstić information content (AvgIpc) is 2.95. The number of rotatable bonds is 2. The SMILES string of the molecule is Cc1nc2cc(-c3cnc(CN)[nH]3)ccc2n1C. The van der Waals surface area contributed by atoms with Crippen LogP contribution in [0.25, 0.3) is 22.3 Å². The van der Waals surface area contributed by atoms with Crippen LogP contribution in [0.5, 0.6) is 0 Å². The van der Waals surface area contributed by atoms with E-state index in [1.807, 2.05) is 14.0 Å².